The van der Waals surface area contributed by atoms with Gasteiger partial charge in [-0.25, -0.2) is 0 Å². The molecule has 1 aromatic heterocycles. The van der Waals surface area contributed by atoms with Crippen molar-refractivity contribution in [3.05, 3.63) is 18.0 Å². The van der Waals surface area contributed by atoms with Gasteiger partial charge in [0.15, 0.2) is 0 Å². The van der Waals surface area contributed by atoms with Crippen LogP contribution in [0.5, 0.6) is 0 Å². The zero-order chi connectivity index (χ0) is 9.97. The average Bonchev–Trinajstić information content (AvgIpc) is 2.71. The third-order valence-corrected chi connectivity index (χ3v) is 2.66. The molecule has 6 nitrogen and oxygen atoms in total. The summed E-state index contributed by atoms with van der Waals surface area (Å²) in [4.78, 5) is 0.199. The smallest absolute Gasteiger partial charge is 0.230 e. The highest BCUT2D eigenvalue weighted by Crippen LogP contribution is 2.16. The van der Waals surface area contributed by atoms with Gasteiger partial charge in [0.05, 0.1) is 18.9 Å². The van der Waals surface area contributed by atoms with Crippen LogP contribution in [0.15, 0.2) is 12.4 Å². The molecule has 0 aromatic carbocycles. The summed E-state index contributed by atoms with van der Waals surface area (Å²) in [7, 11) is -2.21. The van der Waals surface area contributed by atoms with E-state index >= 15 is 0 Å². The predicted molar refractivity (Wildman–Crippen MR) is 49.2 cm³/mol. The van der Waals surface area contributed by atoms with E-state index in [1.54, 1.807) is 12.4 Å². The lowest BCUT2D eigenvalue weighted by molar-refractivity contribution is 0.0702. The van der Waals surface area contributed by atoms with Crippen molar-refractivity contribution in [3.63, 3.8) is 0 Å². The Balaban J connectivity index is 2.07. The maximum Gasteiger partial charge on any atom is 0.230 e. The molecule has 2 heterocycles. The summed E-state index contributed by atoms with van der Waals surface area (Å²) in [5.41, 5.74) is 0.910. The van der Waals surface area contributed by atoms with Crippen molar-refractivity contribution in [2.75, 3.05) is 13.2 Å². The molecule has 1 fully saturated rings. The fourth-order valence-corrected chi connectivity index (χ4v) is 1.62. The van der Waals surface area contributed by atoms with Crippen LogP contribution in [0.1, 0.15) is 11.7 Å². The summed E-state index contributed by atoms with van der Waals surface area (Å²) in [6.45, 7) is 0.537. The molecule has 1 atom stereocenters. The minimum absolute atomic E-state index is 0.0892. The number of hydrogen-bond acceptors (Lipinski definition) is 4. The molecule has 76 valence electrons. The van der Waals surface area contributed by atoms with E-state index in [9.17, 15) is 8.42 Å². The molecular formula is C7H9N3O3S. The lowest BCUT2D eigenvalue weighted by atomic mass is 10.2. The van der Waals surface area contributed by atoms with Gasteiger partial charge in [-0.15, -0.1) is 0 Å². The van der Waals surface area contributed by atoms with Gasteiger partial charge in [0.25, 0.3) is 0 Å². The van der Waals surface area contributed by atoms with Crippen LogP contribution in [0.25, 0.3) is 0 Å². The van der Waals surface area contributed by atoms with Crippen molar-refractivity contribution in [3.8, 4) is 0 Å². The van der Waals surface area contributed by atoms with Crippen LogP contribution in [0.4, 0.5) is 0 Å². The molecule has 7 heteroatoms. The minimum Gasteiger partial charge on any atom is -0.365 e. The SMILES string of the molecule is O=S(=O)=C1COC(c2cn[nH]c2)CN1. The van der Waals surface area contributed by atoms with Crippen molar-refractivity contribution >= 4 is 15.3 Å². The maximum atomic E-state index is 10.5. The minimum atomic E-state index is -2.21. The Morgan fingerprint density at radius 2 is 2.43 bits per heavy atom. The van der Waals surface area contributed by atoms with Crippen LogP contribution in [0, 0.1) is 0 Å². The average molecular weight is 215 g/mol. The number of morpholine rings is 1. The number of aromatic nitrogens is 2. The van der Waals surface area contributed by atoms with Gasteiger partial charge in [0.1, 0.15) is 4.99 Å². The first-order valence-electron chi connectivity index (χ1n) is 4.06. The Bertz CT molecular complexity index is 419. The van der Waals surface area contributed by atoms with Gasteiger partial charge in [-0.05, 0) is 0 Å². The van der Waals surface area contributed by atoms with Gasteiger partial charge in [-0.1, -0.05) is 0 Å². The van der Waals surface area contributed by atoms with Crippen molar-refractivity contribution in [1.82, 2.24) is 15.5 Å². The summed E-state index contributed by atoms with van der Waals surface area (Å²) in [5.74, 6) is 0. The number of aromatic amines is 1. The van der Waals surface area contributed by atoms with Crippen molar-refractivity contribution in [2.24, 2.45) is 0 Å². The largest absolute Gasteiger partial charge is 0.365 e. The Hall–Kier alpha value is -1.18. The first-order valence-corrected chi connectivity index (χ1v) is 5.14. The normalized spacial score (nSPS) is 22.3. The predicted octanol–water partition coefficient (Wildman–Crippen LogP) is -0.920. The van der Waals surface area contributed by atoms with E-state index in [0.29, 0.717) is 6.54 Å². The Kier molecular flexibility index (Phi) is 2.62. The van der Waals surface area contributed by atoms with Gasteiger partial charge in [-0.3, -0.25) is 10.4 Å². The van der Waals surface area contributed by atoms with E-state index in [-0.39, 0.29) is 17.7 Å². The molecule has 0 bridgehead atoms. The number of rotatable bonds is 1. The first kappa shape index (κ1) is 9.38. The van der Waals surface area contributed by atoms with Crippen LogP contribution < -0.4 is 5.32 Å². The van der Waals surface area contributed by atoms with Gasteiger partial charge in [0.2, 0.25) is 10.3 Å². The molecule has 1 aliphatic rings. The van der Waals surface area contributed by atoms with Crippen LogP contribution in [-0.2, 0) is 15.0 Å². The molecule has 1 aromatic rings. The topological polar surface area (TPSA) is 84.1 Å². The zero-order valence-corrected chi connectivity index (χ0v) is 8.04. The molecule has 2 N–H and O–H groups in total. The molecule has 1 unspecified atom stereocenters. The molecule has 0 aliphatic carbocycles. The lowest BCUT2D eigenvalue weighted by Gasteiger charge is -2.22. The zero-order valence-electron chi connectivity index (χ0n) is 7.23. The second-order valence-electron chi connectivity index (χ2n) is 2.87. The lowest BCUT2D eigenvalue weighted by Crippen LogP contribution is -2.39. The second kappa shape index (κ2) is 3.91. The maximum absolute atomic E-state index is 10.5. The molecule has 1 aliphatic heterocycles. The Morgan fingerprint density at radius 3 is 2.93 bits per heavy atom. The third kappa shape index (κ3) is 1.84. The first-order chi connectivity index (χ1) is 6.77. The Morgan fingerprint density at radius 1 is 1.57 bits per heavy atom. The van der Waals surface area contributed by atoms with Gasteiger partial charge < -0.3 is 4.74 Å². The summed E-state index contributed by atoms with van der Waals surface area (Å²) in [6.07, 6.45) is 3.25. The molecule has 0 amide bonds. The molecule has 14 heavy (non-hydrogen) atoms. The van der Waals surface area contributed by atoms with Crippen LogP contribution in [-0.4, -0.2) is 36.8 Å². The highest BCUT2D eigenvalue weighted by atomic mass is 32.2. The number of nitrogens with zero attached hydrogens (tertiary/aromatic N) is 1. The fraction of sp³-hybridized carbons (Fsp3) is 0.429. The number of H-pyrrole nitrogens is 1. The molecule has 2 rings (SSSR count). The molecule has 0 saturated carbocycles. The quantitative estimate of drug-likeness (QED) is 0.592. The summed E-state index contributed by atoms with van der Waals surface area (Å²) in [6, 6.07) is 0. The van der Waals surface area contributed by atoms with Gasteiger partial charge in [0, 0.05) is 18.3 Å². The van der Waals surface area contributed by atoms with E-state index in [1.165, 1.54) is 0 Å². The van der Waals surface area contributed by atoms with Crippen molar-refractivity contribution in [2.45, 2.75) is 6.10 Å². The summed E-state index contributed by atoms with van der Waals surface area (Å²) >= 11 is 0. The van der Waals surface area contributed by atoms with Crippen molar-refractivity contribution < 1.29 is 13.2 Å². The monoisotopic (exact) mass is 215 g/mol. The van der Waals surface area contributed by atoms with E-state index in [4.69, 9.17) is 4.74 Å². The number of nitrogens with one attached hydrogen (secondary N) is 2. The van der Waals surface area contributed by atoms with E-state index in [2.05, 4.69) is 15.5 Å². The summed E-state index contributed by atoms with van der Waals surface area (Å²) < 4.78 is 26.4. The van der Waals surface area contributed by atoms with Gasteiger partial charge in [-0.2, -0.15) is 13.5 Å². The third-order valence-electron chi connectivity index (χ3n) is 1.99. The van der Waals surface area contributed by atoms with E-state index in [0.717, 1.165) is 5.56 Å². The van der Waals surface area contributed by atoms with Crippen LogP contribution in [0.2, 0.25) is 0 Å². The molecule has 0 radical (unpaired) electrons. The summed E-state index contributed by atoms with van der Waals surface area (Å²) in [5, 5.41) is 9.26. The Labute approximate surface area is 81.8 Å². The van der Waals surface area contributed by atoms with E-state index < -0.39 is 10.3 Å². The van der Waals surface area contributed by atoms with Gasteiger partial charge >= 0.3 is 0 Å². The fourth-order valence-electron chi connectivity index (χ4n) is 1.25. The standard InChI is InChI=1S/C7H9N3O3S/c11-14(12)7-4-13-6(3-8-7)5-1-9-10-2-5/h1-2,6,8H,3-4H2,(H,9,10). The highest BCUT2D eigenvalue weighted by Gasteiger charge is 2.20. The number of hydrogen-bond donors (Lipinski definition) is 2. The van der Waals surface area contributed by atoms with Crippen molar-refractivity contribution in [1.29, 1.82) is 0 Å². The van der Waals surface area contributed by atoms with E-state index in [1.807, 2.05) is 0 Å². The number of ether oxygens (including phenoxy) is 1. The molecule has 0 spiro atoms. The molecular weight excluding hydrogens is 206 g/mol. The van der Waals surface area contributed by atoms with Crippen LogP contribution in [0.3, 0.4) is 0 Å². The second-order valence-corrected chi connectivity index (χ2v) is 3.83. The molecule has 1 saturated heterocycles. The van der Waals surface area contributed by atoms with Crippen LogP contribution >= 0.6 is 0 Å². The highest BCUT2D eigenvalue weighted by molar-refractivity contribution is 7.72.